The molecule has 2 aromatic rings. The van der Waals surface area contributed by atoms with Gasteiger partial charge in [0.1, 0.15) is 5.75 Å². The van der Waals surface area contributed by atoms with Crippen molar-refractivity contribution >= 4 is 15.9 Å². The number of benzene rings is 2. The summed E-state index contributed by atoms with van der Waals surface area (Å²) in [6, 6.07) is 14.8. The minimum absolute atomic E-state index is 0.153. The number of phenols is 1. The molecule has 6 nitrogen and oxygen atoms in total. The Morgan fingerprint density at radius 1 is 1.12 bits per heavy atom. The smallest absolute Gasteiger partial charge is 0.243 e. The fraction of sp³-hybridized carbons (Fsp3) is 0.235. The van der Waals surface area contributed by atoms with Gasteiger partial charge in [-0.2, -0.15) is 4.31 Å². The Morgan fingerprint density at radius 3 is 2.50 bits per heavy atom. The van der Waals surface area contributed by atoms with Gasteiger partial charge in [0.05, 0.1) is 11.4 Å². The number of nitrogens with zero attached hydrogens (tertiary/aromatic N) is 1. The fourth-order valence-corrected chi connectivity index (χ4v) is 3.32. The number of hydrogen-bond acceptors (Lipinski definition) is 4. The maximum atomic E-state index is 12.3. The molecule has 0 fully saturated rings. The number of amides is 1. The highest BCUT2D eigenvalue weighted by atomic mass is 32.2. The van der Waals surface area contributed by atoms with Crippen LogP contribution in [0.2, 0.25) is 0 Å². The maximum Gasteiger partial charge on any atom is 0.243 e. The maximum absolute atomic E-state index is 12.3. The predicted molar refractivity (Wildman–Crippen MR) is 91.1 cm³/mol. The average molecular weight is 348 g/mol. The van der Waals surface area contributed by atoms with Gasteiger partial charge in [-0.25, -0.2) is 8.42 Å². The zero-order valence-electron chi connectivity index (χ0n) is 13.3. The lowest BCUT2D eigenvalue weighted by Gasteiger charge is -2.16. The molecule has 0 aromatic heterocycles. The van der Waals surface area contributed by atoms with E-state index in [2.05, 4.69) is 5.32 Å². The molecule has 0 heterocycles. The molecule has 0 aliphatic rings. The lowest BCUT2D eigenvalue weighted by atomic mass is 10.1. The molecule has 7 heteroatoms. The molecule has 2 aromatic carbocycles. The Morgan fingerprint density at radius 2 is 1.83 bits per heavy atom. The molecule has 0 aliphatic carbocycles. The minimum Gasteiger partial charge on any atom is -0.508 e. The summed E-state index contributed by atoms with van der Waals surface area (Å²) in [6.45, 7) is 0.110. The molecular formula is C17H20N2O4S. The van der Waals surface area contributed by atoms with E-state index >= 15 is 0 Å². The SMILES string of the molecule is CN(CC(=O)NCCc1cccc(O)c1)S(=O)(=O)c1ccccc1. The number of hydrogen-bond donors (Lipinski definition) is 2. The molecule has 0 unspecified atom stereocenters. The first-order valence-corrected chi connectivity index (χ1v) is 8.89. The van der Waals surface area contributed by atoms with Crippen LogP contribution in [0, 0.1) is 0 Å². The van der Waals surface area contributed by atoms with Crippen LogP contribution in [0.1, 0.15) is 5.56 Å². The Hall–Kier alpha value is -2.38. The van der Waals surface area contributed by atoms with Crippen LogP contribution < -0.4 is 5.32 Å². The number of likely N-dealkylation sites (N-methyl/N-ethyl adjacent to an activating group) is 1. The van der Waals surface area contributed by atoms with E-state index in [0.717, 1.165) is 9.87 Å². The van der Waals surface area contributed by atoms with Crippen LogP contribution >= 0.6 is 0 Å². The van der Waals surface area contributed by atoms with E-state index in [1.54, 1.807) is 36.4 Å². The average Bonchev–Trinajstić information content (AvgIpc) is 2.55. The molecule has 0 aliphatic heterocycles. The highest BCUT2D eigenvalue weighted by Crippen LogP contribution is 2.13. The lowest BCUT2D eigenvalue weighted by Crippen LogP contribution is -2.39. The van der Waals surface area contributed by atoms with Crippen LogP contribution in [0.3, 0.4) is 0 Å². The number of phenolic OH excluding ortho intramolecular Hbond substituents is 1. The number of sulfonamides is 1. The van der Waals surface area contributed by atoms with Gasteiger partial charge in [0.15, 0.2) is 0 Å². The molecule has 0 bridgehead atoms. The van der Waals surface area contributed by atoms with Crippen LogP contribution in [-0.4, -0.2) is 43.9 Å². The highest BCUT2D eigenvalue weighted by Gasteiger charge is 2.22. The van der Waals surface area contributed by atoms with E-state index in [0.29, 0.717) is 13.0 Å². The molecule has 2 rings (SSSR count). The number of aromatic hydroxyl groups is 1. The van der Waals surface area contributed by atoms with E-state index in [4.69, 9.17) is 0 Å². The summed E-state index contributed by atoms with van der Waals surface area (Å²) in [4.78, 5) is 12.1. The van der Waals surface area contributed by atoms with Gasteiger partial charge in [0.2, 0.25) is 15.9 Å². The number of carbonyl (C=O) groups excluding carboxylic acids is 1. The van der Waals surface area contributed by atoms with Crippen LogP contribution in [-0.2, 0) is 21.2 Å². The summed E-state index contributed by atoms with van der Waals surface area (Å²) >= 11 is 0. The van der Waals surface area contributed by atoms with Crippen molar-refractivity contribution in [1.82, 2.24) is 9.62 Å². The zero-order valence-corrected chi connectivity index (χ0v) is 14.2. The second kappa shape index (κ2) is 7.94. The number of rotatable bonds is 7. The molecule has 2 N–H and O–H groups in total. The van der Waals surface area contributed by atoms with Crippen LogP contribution in [0.5, 0.6) is 5.75 Å². The van der Waals surface area contributed by atoms with Gasteiger partial charge in [-0.15, -0.1) is 0 Å². The summed E-state index contributed by atoms with van der Waals surface area (Å²) in [7, 11) is -2.31. The van der Waals surface area contributed by atoms with Crippen molar-refractivity contribution in [3.05, 3.63) is 60.2 Å². The quantitative estimate of drug-likeness (QED) is 0.791. The van der Waals surface area contributed by atoms with Crippen molar-refractivity contribution in [2.45, 2.75) is 11.3 Å². The summed E-state index contributed by atoms with van der Waals surface area (Å²) in [5, 5.41) is 12.1. The predicted octanol–water partition coefficient (Wildman–Crippen LogP) is 1.37. The highest BCUT2D eigenvalue weighted by molar-refractivity contribution is 7.89. The van der Waals surface area contributed by atoms with Gasteiger partial charge in [-0.3, -0.25) is 4.79 Å². The second-order valence-electron chi connectivity index (χ2n) is 5.34. The second-order valence-corrected chi connectivity index (χ2v) is 7.39. The molecule has 0 spiro atoms. The summed E-state index contributed by atoms with van der Waals surface area (Å²) in [6.07, 6.45) is 0.551. The lowest BCUT2D eigenvalue weighted by molar-refractivity contribution is -0.121. The molecule has 24 heavy (non-hydrogen) atoms. The first-order valence-electron chi connectivity index (χ1n) is 7.45. The number of carbonyl (C=O) groups is 1. The molecule has 0 saturated heterocycles. The van der Waals surface area contributed by atoms with Gasteiger partial charge in [-0.1, -0.05) is 30.3 Å². The summed E-state index contributed by atoms with van der Waals surface area (Å²) in [5.41, 5.74) is 0.889. The van der Waals surface area contributed by atoms with Crippen LogP contribution in [0.4, 0.5) is 0 Å². The van der Waals surface area contributed by atoms with Crippen molar-refractivity contribution in [2.75, 3.05) is 20.1 Å². The molecule has 0 radical (unpaired) electrons. The molecule has 128 valence electrons. The normalized spacial score (nSPS) is 11.4. The van der Waals surface area contributed by atoms with Crippen molar-refractivity contribution in [3.63, 3.8) is 0 Å². The van der Waals surface area contributed by atoms with Crippen molar-refractivity contribution < 1.29 is 18.3 Å². The first-order chi connectivity index (χ1) is 11.4. The summed E-state index contributed by atoms with van der Waals surface area (Å²) in [5.74, 6) is -0.204. The zero-order chi connectivity index (χ0) is 17.6. The fourth-order valence-electron chi connectivity index (χ4n) is 2.17. The Labute approximate surface area is 141 Å². The Bertz CT molecular complexity index is 791. The van der Waals surface area contributed by atoms with Crippen LogP contribution in [0.25, 0.3) is 0 Å². The molecular weight excluding hydrogens is 328 g/mol. The van der Waals surface area contributed by atoms with Crippen molar-refractivity contribution in [2.24, 2.45) is 0 Å². The largest absolute Gasteiger partial charge is 0.508 e. The molecule has 1 amide bonds. The van der Waals surface area contributed by atoms with E-state index in [-0.39, 0.29) is 23.1 Å². The Balaban J connectivity index is 1.85. The van der Waals surface area contributed by atoms with E-state index < -0.39 is 10.0 Å². The molecule has 0 saturated carbocycles. The minimum atomic E-state index is -3.68. The van der Waals surface area contributed by atoms with Gasteiger partial charge in [0, 0.05) is 13.6 Å². The third kappa shape index (κ3) is 4.81. The van der Waals surface area contributed by atoms with Crippen molar-refractivity contribution in [3.8, 4) is 5.75 Å². The van der Waals surface area contributed by atoms with E-state index in [1.165, 1.54) is 19.2 Å². The van der Waals surface area contributed by atoms with Gasteiger partial charge in [0.25, 0.3) is 0 Å². The van der Waals surface area contributed by atoms with E-state index in [9.17, 15) is 18.3 Å². The van der Waals surface area contributed by atoms with Crippen molar-refractivity contribution in [1.29, 1.82) is 0 Å². The number of nitrogens with one attached hydrogen (secondary N) is 1. The van der Waals surface area contributed by atoms with Gasteiger partial charge in [-0.05, 0) is 36.2 Å². The third-order valence-corrected chi connectivity index (χ3v) is 5.28. The Kier molecular flexibility index (Phi) is 5.94. The monoisotopic (exact) mass is 348 g/mol. The standard InChI is InChI=1S/C17H20N2O4S/c1-19(24(22,23)16-8-3-2-4-9-16)13-17(21)18-11-10-14-6-5-7-15(20)12-14/h2-9,12,20H,10-11,13H2,1H3,(H,18,21). The van der Waals surface area contributed by atoms with Crippen LogP contribution in [0.15, 0.2) is 59.5 Å². The topological polar surface area (TPSA) is 86.7 Å². The van der Waals surface area contributed by atoms with Gasteiger partial charge < -0.3 is 10.4 Å². The summed E-state index contributed by atoms with van der Waals surface area (Å²) < 4.78 is 25.7. The van der Waals surface area contributed by atoms with E-state index in [1.807, 2.05) is 6.07 Å². The first kappa shape index (κ1) is 18.0. The molecule has 0 atom stereocenters. The third-order valence-electron chi connectivity index (χ3n) is 3.46. The van der Waals surface area contributed by atoms with Gasteiger partial charge >= 0.3 is 0 Å².